The second kappa shape index (κ2) is 6.85. The first-order chi connectivity index (χ1) is 8.70. The fraction of sp³-hybridized carbons (Fsp3) is 0.571. The molecule has 0 aromatic heterocycles. The van der Waals surface area contributed by atoms with E-state index >= 15 is 0 Å². The van der Waals surface area contributed by atoms with Gasteiger partial charge in [-0.2, -0.15) is 0 Å². The number of thioether (sulfide) groups is 2. The number of benzene rings is 1. The molecule has 0 bridgehead atoms. The van der Waals surface area contributed by atoms with Gasteiger partial charge in [0, 0.05) is 5.92 Å². The summed E-state index contributed by atoms with van der Waals surface area (Å²) in [6, 6.07) is 9.66. The molecule has 1 heterocycles. The molecule has 100 valence electrons. The van der Waals surface area contributed by atoms with Crippen LogP contribution in [0.15, 0.2) is 30.3 Å². The van der Waals surface area contributed by atoms with Gasteiger partial charge in [-0.1, -0.05) is 30.3 Å². The zero-order chi connectivity index (χ0) is 13.0. The minimum Gasteiger partial charge on any atom is -0.393 e. The SMILES string of the molecule is C[C@H](O)[C@H](C1SCCCS1)[C@H](O)c1ccccc1. The molecule has 1 aromatic rings. The Bertz CT molecular complexity index is 350. The maximum Gasteiger partial charge on any atom is 0.0861 e. The van der Waals surface area contributed by atoms with Crippen molar-refractivity contribution in [1.82, 2.24) is 0 Å². The minimum absolute atomic E-state index is 0.109. The Kier molecular flexibility index (Phi) is 5.42. The fourth-order valence-electron chi connectivity index (χ4n) is 2.24. The number of hydrogen-bond donors (Lipinski definition) is 2. The van der Waals surface area contributed by atoms with Gasteiger partial charge in [0.2, 0.25) is 0 Å². The van der Waals surface area contributed by atoms with E-state index in [9.17, 15) is 10.2 Å². The Morgan fingerprint density at radius 1 is 1.11 bits per heavy atom. The molecule has 0 saturated carbocycles. The molecule has 0 aliphatic carbocycles. The van der Waals surface area contributed by atoms with Crippen LogP contribution in [-0.2, 0) is 0 Å². The summed E-state index contributed by atoms with van der Waals surface area (Å²) >= 11 is 3.73. The normalized spacial score (nSPS) is 22.4. The summed E-state index contributed by atoms with van der Waals surface area (Å²) in [6.07, 6.45) is 0.136. The first-order valence-corrected chi connectivity index (χ1v) is 8.44. The lowest BCUT2D eigenvalue weighted by Gasteiger charge is -2.34. The molecular weight excluding hydrogens is 264 g/mol. The molecule has 3 atom stereocenters. The van der Waals surface area contributed by atoms with Crippen molar-refractivity contribution in [2.45, 2.75) is 30.1 Å². The lowest BCUT2D eigenvalue weighted by atomic mass is 9.93. The number of aliphatic hydroxyl groups is 2. The van der Waals surface area contributed by atoms with Crippen LogP contribution >= 0.6 is 23.5 Å². The van der Waals surface area contributed by atoms with Crippen molar-refractivity contribution in [1.29, 1.82) is 0 Å². The van der Waals surface area contributed by atoms with E-state index in [0.717, 1.165) is 17.1 Å². The zero-order valence-electron chi connectivity index (χ0n) is 10.5. The third-order valence-corrected chi connectivity index (χ3v) is 6.38. The average Bonchev–Trinajstić information content (AvgIpc) is 2.40. The zero-order valence-corrected chi connectivity index (χ0v) is 12.2. The summed E-state index contributed by atoms with van der Waals surface area (Å²) in [6.45, 7) is 1.78. The van der Waals surface area contributed by atoms with Crippen LogP contribution in [0.2, 0.25) is 0 Å². The highest BCUT2D eigenvalue weighted by Crippen LogP contribution is 2.42. The van der Waals surface area contributed by atoms with Crippen molar-refractivity contribution < 1.29 is 10.2 Å². The fourth-order valence-corrected chi connectivity index (χ4v) is 5.67. The molecular formula is C14H20O2S2. The van der Waals surface area contributed by atoms with Gasteiger partial charge in [-0.15, -0.1) is 23.5 Å². The number of rotatable bonds is 4. The Balaban J connectivity index is 2.14. The van der Waals surface area contributed by atoms with E-state index < -0.39 is 12.2 Å². The molecule has 1 aromatic carbocycles. The Hall–Kier alpha value is -0.160. The van der Waals surface area contributed by atoms with Gasteiger partial charge in [0.15, 0.2) is 0 Å². The number of hydrogen-bond acceptors (Lipinski definition) is 4. The minimum atomic E-state index is -0.589. The molecule has 2 nitrogen and oxygen atoms in total. The average molecular weight is 284 g/mol. The lowest BCUT2D eigenvalue weighted by molar-refractivity contribution is 0.0293. The van der Waals surface area contributed by atoms with E-state index in [2.05, 4.69) is 0 Å². The Morgan fingerprint density at radius 3 is 2.28 bits per heavy atom. The van der Waals surface area contributed by atoms with Crippen molar-refractivity contribution in [3.05, 3.63) is 35.9 Å². The summed E-state index contributed by atoms with van der Waals surface area (Å²) < 4.78 is 0.286. The summed E-state index contributed by atoms with van der Waals surface area (Å²) in [5.74, 6) is 2.15. The highest BCUT2D eigenvalue weighted by Gasteiger charge is 2.34. The van der Waals surface area contributed by atoms with Gasteiger partial charge >= 0.3 is 0 Å². The van der Waals surface area contributed by atoms with Crippen LogP contribution in [0, 0.1) is 5.92 Å². The van der Waals surface area contributed by atoms with Gasteiger partial charge < -0.3 is 10.2 Å². The van der Waals surface area contributed by atoms with Gasteiger partial charge in [0.1, 0.15) is 0 Å². The van der Waals surface area contributed by atoms with E-state index in [1.807, 2.05) is 53.9 Å². The topological polar surface area (TPSA) is 40.5 Å². The highest BCUT2D eigenvalue weighted by molar-refractivity contribution is 8.17. The van der Waals surface area contributed by atoms with Crippen LogP contribution in [0.3, 0.4) is 0 Å². The molecule has 18 heavy (non-hydrogen) atoms. The van der Waals surface area contributed by atoms with E-state index in [0.29, 0.717) is 0 Å². The molecule has 1 aliphatic rings. The third-order valence-electron chi connectivity index (χ3n) is 3.23. The van der Waals surface area contributed by atoms with Crippen molar-refractivity contribution in [3.8, 4) is 0 Å². The highest BCUT2D eigenvalue weighted by atomic mass is 32.2. The molecule has 2 rings (SSSR count). The van der Waals surface area contributed by atoms with Gasteiger partial charge in [-0.25, -0.2) is 0 Å². The number of aliphatic hydroxyl groups excluding tert-OH is 2. The molecule has 0 amide bonds. The molecule has 1 aliphatic heterocycles. The summed E-state index contributed by atoms with van der Waals surface area (Å²) in [5.41, 5.74) is 0.898. The summed E-state index contributed by atoms with van der Waals surface area (Å²) in [7, 11) is 0. The smallest absolute Gasteiger partial charge is 0.0861 e. The Morgan fingerprint density at radius 2 is 1.72 bits per heavy atom. The van der Waals surface area contributed by atoms with Crippen LogP contribution in [-0.4, -0.2) is 32.4 Å². The second-order valence-corrected chi connectivity index (χ2v) is 7.43. The van der Waals surface area contributed by atoms with Crippen molar-refractivity contribution in [3.63, 3.8) is 0 Å². The third kappa shape index (κ3) is 3.44. The van der Waals surface area contributed by atoms with Crippen LogP contribution in [0.4, 0.5) is 0 Å². The van der Waals surface area contributed by atoms with Crippen LogP contribution < -0.4 is 0 Å². The van der Waals surface area contributed by atoms with E-state index in [1.54, 1.807) is 6.92 Å². The second-order valence-electron chi connectivity index (χ2n) is 4.64. The van der Waals surface area contributed by atoms with Gasteiger partial charge in [0.05, 0.1) is 16.8 Å². The molecule has 0 radical (unpaired) electrons. The van der Waals surface area contributed by atoms with Crippen molar-refractivity contribution in [2.75, 3.05) is 11.5 Å². The van der Waals surface area contributed by atoms with Gasteiger partial charge in [-0.05, 0) is 30.4 Å². The standard InChI is InChI=1S/C14H20O2S2/c1-10(15)12(14-17-8-5-9-18-14)13(16)11-6-3-2-4-7-11/h2-4,6-7,10,12-16H,5,8-9H2,1H3/t10-,12-,13+/m0/s1. The van der Waals surface area contributed by atoms with Crippen molar-refractivity contribution in [2.24, 2.45) is 5.92 Å². The van der Waals surface area contributed by atoms with E-state index in [1.165, 1.54) is 6.42 Å². The molecule has 2 N–H and O–H groups in total. The van der Waals surface area contributed by atoms with Gasteiger partial charge in [-0.3, -0.25) is 0 Å². The molecule has 0 unspecified atom stereocenters. The monoisotopic (exact) mass is 284 g/mol. The molecule has 1 saturated heterocycles. The first-order valence-electron chi connectivity index (χ1n) is 6.34. The van der Waals surface area contributed by atoms with Crippen LogP contribution in [0.5, 0.6) is 0 Å². The van der Waals surface area contributed by atoms with E-state index in [4.69, 9.17) is 0 Å². The predicted octanol–water partition coefficient (Wildman–Crippen LogP) is 2.91. The van der Waals surface area contributed by atoms with Crippen LogP contribution in [0.1, 0.15) is 25.0 Å². The lowest BCUT2D eigenvalue weighted by Crippen LogP contribution is -2.33. The van der Waals surface area contributed by atoms with Crippen LogP contribution in [0.25, 0.3) is 0 Å². The Labute approximate surface area is 117 Å². The summed E-state index contributed by atoms with van der Waals surface area (Å²) in [4.78, 5) is 0. The molecule has 4 heteroatoms. The van der Waals surface area contributed by atoms with Gasteiger partial charge in [0.25, 0.3) is 0 Å². The molecule has 1 fully saturated rings. The van der Waals surface area contributed by atoms with Crippen molar-refractivity contribution >= 4 is 23.5 Å². The predicted molar refractivity (Wildman–Crippen MR) is 79.9 cm³/mol. The quantitative estimate of drug-likeness (QED) is 0.892. The largest absolute Gasteiger partial charge is 0.393 e. The summed E-state index contributed by atoms with van der Waals surface area (Å²) in [5, 5.41) is 20.5. The molecule has 0 spiro atoms. The van der Waals surface area contributed by atoms with E-state index in [-0.39, 0.29) is 10.5 Å². The maximum atomic E-state index is 10.5. The first kappa shape index (κ1) is 14.3. The maximum absolute atomic E-state index is 10.5.